The zero-order valence-corrected chi connectivity index (χ0v) is 21.8. The molecule has 0 aromatic heterocycles. The van der Waals surface area contributed by atoms with Gasteiger partial charge in [0.1, 0.15) is 23.6 Å². The van der Waals surface area contributed by atoms with Gasteiger partial charge in [-0.15, -0.1) is 0 Å². The highest BCUT2D eigenvalue weighted by molar-refractivity contribution is 5.98. The normalized spacial score (nSPS) is 11.7. The molecule has 0 spiro atoms. The average molecular weight is 483 g/mol. The van der Waals surface area contributed by atoms with Crippen molar-refractivity contribution in [2.75, 3.05) is 0 Å². The van der Waals surface area contributed by atoms with Gasteiger partial charge in [-0.25, -0.2) is 0 Å². The van der Waals surface area contributed by atoms with Gasteiger partial charge in [0.2, 0.25) is 0 Å². The highest BCUT2D eigenvalue weighted by atomic mass is 16.6. The van der Waals surface area contributed by atoms with Crippen molar-refractivity contribution in [1.82, 2.24) is 0 Å². The molecule has 0 amide bonds. The molecule has 0 saturated heterocycles. The second-order valence-electron chi connectivity index (χ2n) is 10.6. The summed E-state index contributed by atoms with van der Waals surface area (Å²) in [6, 6.07) is 16.8. The third-order valence-corrected chi connectivity index (χ3v) is 4.97. The standard InChI is InChI=1S/C29H38O6/c1-28(2,3)34-25(30)17-15-22(16-18-26(31)35-29(4,5)6)27(32)23-13-10-14-24(19-23)33-20-21-11-8-7-9-12-21/h7-14,19,22H,15-18,20H2,1-6H3. The van der Waals surface area contributed by atoms with Crippen LogP contribution in [-0.4, -0.2) is 28.9 Å². The number of ether oxygens (including phenoxy) is 3. The number of carbonyl (C=O) groups excluding carboxylic acids is 3. The summed E-state index contributed by atoms with van der Waals surface area (Å²) in [5.74, 6) is -0.820. The van der Waals surface area contributed by atoms with Gasteiger partial charge in [-0.3, -0.25) is 14.4 Å². The minimum atomic E-state index is -0.600. The summed E-state index contributed by atoms with van der Waals surface area (Å²) in [4.78, 5) is 38.0. The van der Waals surface area contributed by atoms with Crippen LogP contribution in [0.1, 0.15) is 83.1 Å². The summed E-state index contributed by atoms with van der Waals surface area (Å²) in [7, 11) is 0. The molecule has 0 aliphatic rings. The molecule has 0 saturated carbocycles. The molecule has 0 aliphatic carbocycles. The maximum absolute atomic E-state index is 13.4. The van der Waals surface area contributed by atoms with Crippen LogP contribution in [-0.2, 0) is 25.7 Å². The number of benzene rings is 2. The van der Waals surface area contributed by atoms with E-state index in [1.54, 1.807) is 65.8 Å². The Hall–Kier alpha value is -3.15. The number of hydrogen-bond donors (Lipinski definition) is 0. The maximum Gasteiger partial charge on any atom is 0.306 e. The zero-order chi connectivity index (χ0) is 26.1. The van der Waals surface area contributed by atoms with Crippen LogP contribution in [0, 0.1) is 5.92 Å². The Labute approximate surface area is 209 Å². The summed E-state index contributed by atoms with van der Waals surface area (Å²) in [5, 5.41) is 0. The van der Waals surface area contributed by atoms with Crippen molar-refractivity contribution in [3.8, 4) is 5.75 Å². The Bertz CT molecular complexity index is 950. The third kappa shape index (κ3) is 11.2. The van der Waals surface area contributed by atoms with Crippen molar-refractivity contribution in [1.29, 1.82) is 0 Å². The average Bonchev–Trinajstić information content (AvgIpc) is 2.76. The van der Waals surface area contributed by atoms with Gasteiger partial charge in [0, 0.05) is 24.3 Å². The molecule has 190 valence electrons. The molecule has 0 aliphatic heterocycles. The molecule has 6 heteroatoms. The van der Waals surface area contributed by atoms with Gasteiger partial charge in [-0.1, -0.05) is 42.5 Å². The maximum atomic E-state index is 13.4. The lowest BCUT2D eigenvalue weighted by Gasteiger charge is -2.22. The Morgan fingerprint density at radius 3 is 1.80 bits per heavy atom. The van der Waals surface area contributed by atoms with Crippen molar-refractivity contribution in [3.63, 3.8) is 0 Å². The Morgan fingerprint density at radius 1 is 0.743 bits per heavy atom. The Morgan fingerprint density at radius 2 is 1.29 bits per heavy atom. The number of hydrogen-bond acceptors (Lipinski definition) is 6. The van der Waals surface area contributed by atoms with E-state index in [9.17, 15) is 14.4 Å². The van der Waals surface area contributed by atoms with E-state index >= 15 is 0 Å². The van der Waals surface area contributed by atoms with Gasteiger partial charge in [-0.05, 0) is 72.1 Å². The van der Waals surface area contributed by atoms with E-state index in [0.29, 0.717) is 17.9 Å². The predicted octanol–water partition coefficient (Wildman–Crippen LogP) is 6.31. The second kappa shape index (κ2) is 12.5. The lowest BCUT2D eigenvalue weighted by molar-refractivity contribution is -0.155. The summed E-state index contributed by atoms with van der Waals surface area (Å²) in [6.45, 7) is 11.2. The molecular formula is C29H38O6. The molecule has 0 heterocycles. The first kappa shape index (κ1) is 28.1. The summed E-state index contributed by atoms with van der Waals surface area (Å²) < 4.78 is 16.7. The quantitative estimate of drug-likeness (QED) is 0.276. The minimum Gasteiger partial charge on any atom is -0.489 e. The molecule has 2 aromatic carbocycles. The summed E-state index contributed by atoms with van der Waals surface area (Å²) >= 11 is 0. The van der Waals surface area contributed by atoms with Crippen LogP contribution in [0.3, 0.4) is 0 Å². The molecule has 2 aromatic rings. The third-order valence-electron chi connectivity index (χ3n) is 4.97. The molecule has 6 nitrogen and oxygen atoms in total. The molecule has 0 radical (unpaired) electrons. The fourth-order valence-electron chi connectivity index (χ4n) is 3.49. The predicted molar refractivity (Wildman–Crippen MR) is 135 cm³/mol. The number of Topliss-reactive ketones (excluding diaryl/α,β-unsaturated/α-hetero) is 1. The highest BCUT2D eigenvalue weighted by Gasteiger charge is 2.26. The number of esters is 2. The molecular weight excluding hydrogens is 444 g/mol. The smallest absolute Gasteiger partial charge is 0.306 e. The molecule has 0 bridgehead atoms. The number of rotatable bonds is 11. The fraction of sp³-hybridized carbons (Fsp3) is 0.483. The van der Waals surface area contributed by atoms with Crippen LogP contribution in [0.25, 0.3) is 0 Å². The topological polar surface area (TPSA) is 78.9 Å². The Kier molecular flexibility index (Phi) is 10.1. The second-order valence-corrected chi connectivity index (χ2v) is 10.6. The summed E-state index contributed by atoms with van der Waals surface area (Å²) in [6.07, 6.45) is 0.746. The molecule has 0 fully saturated rings. The largest absolute Gasteiger partial charge is 0.489 e. The lowest BCUT2D eigenvalue weighted by atomic mass is 9.89. The van der Waals surface area contributed by atoms with Gasteiger partial charge in [0.25, 0.3) is 0 Å². The first-order valence-electron chi connectivity index (χ1n) is 12.1. The lowest BCUT2D eigenvalue weighted by Crippen LogP contribution is -2.26. The highest BCUT2D eigenvalue weighted by Crippen LogP contribution is 2.25. The number of carbonyl (C=O) groups is 3. The van der Waals surface area contributed by atoms with Crippen LogP contribution in [0.4, 0.5) is 0 Å². The van der Waals surface area contributed by atoms with Gasteiger partial charge in [0.15, 0.2) is 5.78 Å². The SMILES string of the molecule is CC(C)(C)OC(=O)CCC(CCC(=O)OC(C)(C)C)C(=O)c1cccc(OCc2ccccc2)c1. The fourth-order valence-corrected chi connectivity index (χ4v) is 3.49. The first-order valence-corrected chi connectivity index (χ1v) is 12.1. The van der Waals surface area contributed by atoms with E-state index in [1.807, 2.05) is 30.3 Å². The van der Waals surface area contributed by atoms with E-state index in [1.165, 1.54) is 0 Å². The Balaban J connectivity index is 2.10. The first-order chi connectivity index (χ1) is 16.3. The molecule has 2 rings (SSSR count). The van der Waals surface area contributed by atoms with Crippen LogP contribution >= 0.6 is 0 Å². The molecule has 0 atom stereocenters. The monoisotopic (exact) mass is 482 g/mol. The van der Waals surface area contributed by atoms with Crippen LogP contribution < -0.4 is 4.74 Å². The van der Waals surface area contributed by atoms with E-state index < -0.39 is 17.1 Å². The molecule has 0 unspecified atom stereocenters. The van der Waals surface area contributed by atoms with Crippen molar-refractivity contribution < 1.29 is 28.6 Å². The van der Waals surface area contributed by atoms with Crippen molar-refractivity contribution in [2.24, 2.45) is 5.92 Å². The van der Waals surface area contributed by atoms with Gasteiger partial charge >= 0.3 is 11.9 Å². The van der Waals surface area contributed by atoms with Crippen LogP contribution in [0.15, 0.2) is 54.6 Å². The minimum absolute atomic E-state index is 0.0895. The van der Waals surface area contributed by atoms with Gasteiger partial charge in [-0.2, -0.15) is 0 Å². The van der Waals surface area contributed by atoms with Crippen LogP contribution in [0.2, 0.25) is 0 Å². The van der Waals surface area contributed by atoms with Crippen molar-refractivity contribution >= 4 is 17.7 Å². The van der Waals surface area contributed by atoms with E-state index in [-0.39, 0.29) is 43.4 Å². The zero-order valence-electron chi connectivity index (χ0n) is 21.8. The summed E-state index contributed by atoms with van der Waals surface area (Å²) in [5.41, 5.74) is 0.306. The van der Waals surface area contributed by atoms with Gasteiger partial charge < -0.3 is 14.2 Å². The molecule has 0 N–H and O–H groups in total. The van der Waals surface area contributed by atoms with Crippen LogP contribution in [0.5, 0.6) is 5.75 Å². The van der Waals surface area contributed by atoms with E-state index in [4.69, 9.17) is 14.2 Å². The van der Waals surface area contributed by atoms with E-state index in [0.717, 1.165) is 5.56 Å². The van der Waals surface area contributed by atoms with Gasteiger partial charge in [0.05, 0.1) is 0 Å². The van der Waals surface area contributed by atoms with Crippen molar-refractivity contribution in [2.45, 2.75) is 85.0 Å². The molecule has 35 heavy (non-hydrogen) atoms. The number of ketones is 1. The van der Waals surface area contributed by atoms with E-state index in [2.05, 4.69) is 0 Å². The van der Waals surface area contributed by atoms with Crippen molar-refractivity contribution in [3.05, 3.63) is 65.7 Å².